The summed E-state index contributed by atoms with van der Waals surface area (Å²) in [6.45, 7) is 2.64. The molecule has 3 N–H and O–H groups in total. The van der Waals surface area contributed by atoms with Crippen LogP contribution >= 0.6 is 0 Å². The predicted molar refractivity (Wildman–Crippen MR) is 71.1 cm³/mol. The Bertz CT molecular complexity index is 647. The number of carboxylic acids is 1. The van der Waals surface area contributed by atoms with Gasteiger partial charge in [-0.05, 0) is 19.8 Å². The summed E-state index contributed by atoms with van der Waals surface area (Å²) in [6.07, 6.45) is 2.70. The molecule has 1 amide bonds. The van der Waals surface area contributed by atoms with Crippen LogP contribution in [0.2, 0.25) is 0 Å². The van der Waals surface area contributed by atoms with Crippen molar-refractivity contribution >= 4 is 21.9 Å². The summed E-state index contributed by atoms with van der Waals surface area (Å²) in [6, 6.07) is -0.974. The molecule has 10 heteroatoms. The summed E-state index contributed by atoms with van der Waals surface area (Å²) >= 11 is 0. The van der Waals surface area contributed by atoms with Crippen molar-refractivity contribution in [2.24, 2.45) is 0 Å². The van der Waals surface area contributed by atoms with Gasteiger partial charge in [-0.3, -0.25) is 9.89 Å². The Kier molecular flexibility index (Phi) is 4.28. The first-order chi connectivity index (χ1) is 9.83. The van der Waals surface area contributed by atoms with E-state index in [1.54, 1.807) is 4.90 Å². The average molecular weight is 316 g/mol. The Morgan fingerprint density at radius 2 is 2.05 bits per heavy atom. The smallest absolute Gasteiger partial charge is 0.340 e. The van der Waals surface area contributed by atoms with Gasteiger partial charge >= 0.3 is 5.97 Å². The van der Waals surface area contributed by atoms with Gasteiger partial charge in [-0.25, -0.2) is 13.2 Å². The summed E-state index contributed by atoms with van der Waals surface area (Å²) < 4.78 is 26.4. The molecule has 1 aromatic rings. The van der Waals surface area contributed by atoms with E-state index in [9.17, 15) is 18.0 Å². The van der Waals surface area contributed by atoms with Crippen LogP contribution in [0.3, 0.4) is 0 Å². The number of carbonyl (C=O) groups excluding carboxylic acids is 1. The Hall–Kier alpha value is -1.94. The molecule has 1 aliphatic heterocycles. The third kappa shape index (κ3) is 3.22. The highest BCUT2D eigenvalue weighted by Crippen LogP contribution is 2.14. The summed E-state index contributed by atoms with van der Waals surface area (Å²) in [5.74, 6) is -1.74. The van der Waals surface area contributed by atoms with Gasteiger partial charge in [-0.2, -0.15) is 9.82 Å². The molecule has 2 rings (SSSR count). The second kappa shape index (κ2) is 5.82. The molecule has 1 saturated heterocycles. The lowest BCUT2D eigenvalue weighted by Crippen LogP contribution is -2.46. The second-order valence-corrected chi connectivity index (χ2v) is 6.44. The first-order valence-electron chi connectivity index (χ1n) is 6.40. The number of carboxylic acid groups (broad SMARTS) is 1. The predicted octanol–water partition coefficient (Wildman–Crippen LogP) is -0.603. The molecule has 1 aliphatic rings. The monoisotopic (exact) mass is 316 g/mol. The largest absolute Gasteiger partial charge is 0.478 e. The number of amides is 1. The van der Waals surface area contributed by atoms with Crippen molar-refractivity contribution in [3.05, 3.63) is 11.8 Å². The number of aromatic carboxylic acids is 1. The molecule has 9 nitrogen and oxygen atoms in total. The normalized spacial score (nSPS) is 16.9. The number of aromatic amines is 1. The highest BCUT2D eigenvalue weighted by molar-refractivity contribution is 7.89. The lowest BCUT2D eigenvalue weighted by molar-refractivity contribution is -0.131. The van der Waals surface area contributed by atoms with E-state index in [1.807, 2.05) is 0 Å². The number of rotatable bonds is 5. The Labute approximate surface area is 121 Å². The number of H-pyrrole nitrogens is 1. The number of nitrogens with one attached hydrogen (secondary N) is 2. The molecule has 0 aromatic carbocycles. The first-order valence-corrected chi connectivity index (χ1v) is 7.89. The van der Waals surface area contributed by atoms with Gasteiger partial charge in [-0.15, -0.1) is 0 Å². The lowest BCUT2D eigenvalue weighted by Gasteiger charge is -2.20. The summed E-state index contributed by atoms with van der Waals surface area (Å²) in [5, 5.41) is 13.9. The summed E-state index contributed by atoms with van der Waals surface area (Å²) in [4.78, 5) is 24.6. The van der Waals surface area contributed by atoms with Crippen molar-refractivity contribution in [1.29, 1.82) is 0 Å². The van der Waals surface area contributed by atoms with Crippen LogP contribution in [0.25, 0.3) is 0 Å². The van der Waals surface area contributed by atoms with Gasteiger partial charge in [-0.1, -0.05) is 0 Å². The lowest BCUT2D eigenvalue weighted by atomic mass is 10.3. The molecule has 1 aromatic heterocycles. The summed E-state index contributed by atoms with van der Waals surface area (Å²) in [7, 11) is -4.16. The quantitative estimate of drug-likeness (QED) is 0.664. The van der Waals surface area contributed by atoms with E-state index in [0.717, 1.165) is 19.0 Å². The van der Waals surface area contributed by atoms with Crippen LogP contribution in [0, 0.1) is 0 Å². The van der Waals surface area contributed by atoms with Crippen molar-refractivity contribution in [2.75, 3.05) is 13.1 Å². The SMILES string of the molecule is CC(NS(=O)(=O)c1[nH]ncc1C(=O)O)C(=O)N1CCCC1. The molecule has 1 atom stereocenters. The van der Waals surface area contributed by atoms with E-state index in [4.69, 9.17) is 5.11 Å². The second-order valence-electron chi connectivity index (χ2n) is 4.79. The standard InChI is InChI=1S/C11H16N4O5S/c1-7(10(16)15-4-2-3-5-15)14-21(19,20)9-8(11(17)18)6-12-13-9/h6-7,14H,2-5H2,1H3,(H,12,13)(H,17,18). The molecular weight excluding hydrogens is 300 g/mol. The molecule has 0 saturated carbocycles. The molecule has 0 aliphatic carbocycles. The zero-order valence-electron chi connectivity index (χ0n) is 11.4. The van der Waals surface area contributed by atoms with Crippen molar-refractivity contribution in [1.82, 2.24) is 19.8 Å². The zero-order valence-corrected chi connectivity index (χ0v) is 12.2. The minimum atomic E-state index is -4.16. The van der Waals surface area contributed by atoms with Gasteiger partial charge in [0.1, 0.15) is 5.56 Å². The maximum absolute atomic E-state index is 12.1. The van der Waals surface area contributed by atoms with Crippen molar-refractivity contribution in [3.8, 4) is 0 Å². The number of hydrogen-bond donors (Lipinski definition) is 3. The van der Waals surface area contributed by atoms with Crippen LogP contribution in [-0.2, 0) is 14.8 Å². The fourth-order valence-corrected chi connectivity index (χ4v) is 3.47. The van der Waals surface area contributed by atoms with Crippen LogP contribution in [0.15, 0.2) is 11.2 Å². The van der Waals surface area contributed by atoms with E-state index in [2.05, 4.69) is 14.9 Å². The van der Waals surface area contributed by atoms with E-state index < -0.39 is 32.6 Å². The third-order valence-electron chi connectivity index (χ3n) is 3.22. The molecular formula is C11H16N4O5S. The highest BCUT2D eigenvalue weighted by atomic mass is 32.2. The maximum Gasteiger partial charge on any atom is 0.340 e. The van der Waals surface area contributed by atoms with Gasteiger partial charge in [0.25, 0.3) is 10.0 Å². The molecule has 116 valence electrons. The minimum absolute atomic E-state index is 0.326. The van der Waals surface area contributed by atoms with Crippen molar-refractivity contribution < 1.29 is 23.1 Å². The number of hydrogen-bond acceptors (Lipinski definition) is 5. The topological polar surface area (TPSA) is 132 Å². The van der Waals surface area contributed by atoms with Gasteiger partial charge < -0.3 is 10.0 Å². The number of sulfonamides is 1. The van der Waals surface area contributed by atoms with E-state index >= 15 is 0 Å². The molecule has 0 spiro atoms. The van der Waals surface area contributed by atoms with E-state index in [-0.39, 0.29) is 5.91 Å². The summed E-state index contributed by atoms with van der Waals surface area (Å²) in [5.41, 5.74) is -0.469. The Balaban J connectivity index is 2.15. The minimum Gasteiger partial charge on any atom is -0.478 e. The zero-order chi connectivity index (χ0) is 15.6. The van der Waals surface area contributed by atoms with E-state index in [1.165, 1.54) is 6.92 Å². The van der Waals surface area contributed by atoms with Gasteiger partial charge in [0.05, 0.1) is 12.2 Å². The van der Waals surface area contributed by atoms with Gasteiger partial charge in [0.2, 0.25) is 5.91 Å². The number of carbonyl (C=O) groups is 2. The number of aromatic nitrogens is 2. The fourth-order valence-electron chi connectivity index (χ4n) is 2.18. The molecule has 1 fully saturated rings. The van der Waals surface area contributed by atoms with Crippen LogP contribution in [-0.4, -0.2) is 59.6 Å². The number of likely N-dealkylation sites (tertiary alicyclic amines) is 1. The first kappa shape index (κ1) is 15.4. The van der Waals surface area contributed by atoms with Gasteiger partial charge in [0, 0.05) is 13.1 Å². The fraction of sp³-hybridized carbons (Fsp3) is 0.545. The van der Waals surface area contributed by atoms with Crippen molar-refractivity contribution in [2.45, 2.75) is 30.8 Å². The van der Waals surface area contributed by atoms with Crippen LogP contribution in [0.5, 0.6) is 0 Å². The maximum atomic E-state index is 12.1. The molecule has 21 heavy (non-hydrogen) atoms. The molecule has 2 heterocycles. The molecule has 0 radical (unpaired) electrons. The number of nitrogens with zero attached hydrogens (tertiary/aromatic N) is 2. The molecule has 1 unspecified atom stereocenters. The van der Waals surface area contributed by atoms with Crippen LogP contribution < -0.4 is 4.72 Å². The van der Waals surface area contributed by atoms with Crippen LogP contribution in [0.4, 0.5) is 0 Å². The van der Waals surface area contributed by atoms with E-state index in [0.29, 0.717) is 13.1 Å². The van der Waals surface area contributed by atoms with Crippen LogP contribution in [0.1, 0.15) is 30.1 Å². The van der Waals surface area contributed by atoms with Crippen molar-refractivity contribution in [3.63, 3.8) is 0 Å². The average Bonchev–Trinajstić information content (AvgIpc) is 3.08. The van der Waals surface area contributed by atoms with Gasteiger partial charge in [0.15, 0.2) is 5.03 Å². The highest BCUT2D eigenvalue weighted by Gasteiger charge is 2.30. The Morgan fingerprint density at radius 3 is 2.62 bits per heavy atom. The third-order valence-corrected chi connectivity index (χ3v) is 4.74. The Morgan fingerprint density at radius 1 is 1.43 bits per heavy atom. The molecule has 0 bridgehead atoms.